The molecule has 31 heavy (non-hydrogen) atoms. The molecule has 0 aromatic carbocycles. The normalized spacial score (nSPS) is 20.3. The zero-order valence-electron chi connectivity index (χ0n) is 17.6. The Hall–Kier alpha value is -2.94. The molecular weight excluding hydrogens is 394 g/mol. The molecule has 9 heteroatoms. The van der Waals surface area contributed by atoms with Gasteiger partial charge in [0.05, 0.1) is 24.5 Å². The second kappa shape index (κ2) is 9.05. The van der Waals surface area contributed by atoms with Gasteiger partial charge < -0.3 is 19.9 Å². The van der Waals surface area contributed by atoms with E-state index in [0.717, 1.165) is 73.7 Å². The van der Waals surface area contributed by atoms with Crippen LogP contribution in [0.2, 0.25) is 0 Å². The Labute approximate surface area is 181 Å². The van der Waals surface area contributed by atoms with Gasteiger partial charge in [-0.25, -0.2) is 9.97 Å². The number of ether oxygens (including phenoxy) is 1. The molecule has 1 atom stereocenters. The average Bonchev–Trinajstić information content (AvgIpc) is 3.48. The van der Waals surface area contributed by atoms with Gasteiger partial charge in [0.1, 0.15) is 5.82 Å². The maximum absolute atomic E-state index is 12.6. The van der Waals surface area contributed by atoms with Gasteiger partial charge in [0.15, 0.2) is 11.5 Å². The van der Waals surface area contributed by atoms with Crippen LogP contribution >= 0.6 is 0 Å². The fourth-order valence-electron chi connectivity index (χ4n) is 4.56. The van der Waals surface area contributed by atoms with Crippen molar-refractivity contribution in [3.05, 3.63) is 36.0 Å². The Kier molecular flexibility index (Phi) is 5.84. The summed E-state index contributed by atoms with van der Waals surface area (Å²) in [5.74, 6) is 2.23. The number of piperidine rings is 1. The molecule has 9 nitrogen and oxygen atoms in total. The summed E-state index contributed by atoms with van der Waals surface area (Å²) in [6, 6.07) is 4.16. The van der Waals surface area contributed by atoms with E-state index in [1.807, 2.05) is 4.90 Å². The van der Waals surface area contributed by atoms with Crippen LogP contribution in [0.15, 0.2) is 24.5 Å². The van der Waals surface area contributed by atoms with Gasteiger partial charge >= 0.3 is 0 Å². The van der Waals surface area contributed by atoms with Crippen LogP contribution in [-0.4, -0.2) is 61.8 Å². The number of fused-ring (bicyclic) bond motifs is 1. The maximum atomic E-state index is 12.6. The van der Waals surface area contributed by atoms with Crippen LogP contribution in [0.25, 0.3) is 11.0 Å². The van der Waals surface area contributed by atoms with E-state index in [1.54, 1.807) is 12.4 Å². The van der Waals surface area contributed by atoms with Crippen LogP contribution in [0.4, 0.5) is 5.82 Å². The Morgan fingerprint density at radius 3 is 2.90 bits per heavy atom. The maximum Gasteiger partial charge on any atom is 0.225 e. The minimum Gasteiger partial charge on any atom is -0.378 e. The lowest BCUT2D eigenvalue weighted by Crippen LogP contribution is -2.40. The Balaban J connectivity index is 1.17. The molecule has 164 valence electrons. The van der Waals surface area contributed by atoms with E-state index in [1.165, 1.54) is 6.42 Å². The number of amides is 1. The number of rotatable bonds is 6. The molecule has 3 aromatic rings. The average molecular weight is 424 g/mol. The molecule has 0 bridgehead atoms. The summed E-state index contributed by atoms with van der Waals surface area (Å²) >= 11 is 0. The van der Waals surface area contributed by atoms with Crippen molar-refractivity contribution in [2.24, 2.45) is 0 Å². The molecular formula is C22H29N7O2. The number of nitrogens with zero attached hydrogens (tertiary/aromatic N) is 4. The number of hydrogen-bond donors (Lipinski definition) is 3. The molecule has 5 heterocycles. The number of likely N-dealkylation sites (tertiary alicyclic amines) is 1. The zero-order valence-corrected chi connectivity index (χ0v) is 17.6. The fourth-order valence-corrected chi connectivity index (χ4v) is 4.56. The predicted octanol–water partition coefficient (Wildman–Crippen LogP) is 2.96. The topological polar surface area (TPSA) is 112 Å². The van der Waals surface area contributed by atoms with E-state index in [2.05, 4.69) is 37.6 Å². The number of carbonyl (C=O) groups excluding carboxylic acids is 1. The number of imidazole rings is 1. The summed E-state index contributed by atoms with van der Waals surface area (Å²) in [7, 11) is 0. The smallest absolute Gasteiger partial charge is 0.225 e. The fraction of sp³-hybridized carbons (Fsp3) is 0.545. The summed E-state index contributed by atoms with van der Waals surface area (Å²) in [5, 5.41) is 11.7. The Bertz CT molecular complexity index is 1000. The standard InChI is InChI=1S/C22H29N7O2/c30-20(13-16-3-1-2-12-31-16)29-10-6-15(7-11-29)18-5-4-17-21(27-28-22(17)26-18)25-14-19-23-8-9-24-19/h4-5,8-9,15-16H,1-3,6-7,10-14H2,(H,23,24)(H2,25,26,27,28). The number of aromatic nitrogens is 5. The van der Waals surface area contributed by atoms with Crippen molar-refractivity contribution in [1.82, 2.24) is 30.0 Å². The van der Waals surface area contributed by atoms with Crippen LogP contribution in [0.1, 0.15) is 56.0 Å². The quantitative estimate of drug-likeness (QED) is 0.562. The third-order valence-electron chi connectivity index (χ3n) is 6.37. The first kappa shape index (κ1) is 20.0. The van der Waals surface area contributed by atoms with E-state index in [0.29, 0.717) is 18.9 Å². The number of carbonyl (C=O) groups is 1. The molecule has 2 aliphatic rings. The second-order valence-electron chi connectivity index (χ2n) is 8.44. The third kappa shape index (κ3) is 4.56. The van der Waals surface area contributed by atoms with Gasteiger partial charge in [-0.3, -0.25) is 9.89 Å². The lowest BCUT2D eigenvalue weighted by molar-refractivity contribution is -0.136. The molecule has 0 saturated carbocycles. The molecule has 2 aliphatic heterocycles. The third-order valence-corrected chi connectivity index (χ3v) is 6.37. The van der Waals surface area contributed by atoms with Gasteiger partial charge in [0, 0.05) is 43.7 Å². The molecule has 3 N–H and O–H groups in total. The first-order valence-electron chi connectivity index (χ1n) is 11.2. The number of anilines is 1. The van der Waals surface area contributed by atoms with E-state index >= 15 is 0 Å². The molecule has 1 amide bonds. The summed E-state index contributed by atoms with van der Waals surface area (Å²) in [6.07, 6.45) is 9.34. The lowest BCUT2D eigenvalue weighted by Gasteiger charge is -2.33. The van der Waals surface area contributed by atoms with E-state index in [9.17, 15) is 4.79 Å². The summed E-state index contributed by atoms with van der Waals surface area (Å²) in [6.45, 7) is 2.94. The Morgan fingerprint density at radius 2 is 2.13 bits per heavy atom. The van der Waals surface area contributed by atoms with Gasteiger partial charge in [0.25, 0.3) is 0 Å². The minimum atomic E-state index is 0.110. The summed E-state index contributed by atoms with van der Waals surface area (Å²) in [4.78, 5) is 26.7. The van der Waals surface area contributed by atoms with Crippen LogP contribution in [0.5, 0.6) is 0 Å². The number of hydrogen-bond acceptors (Lipinski definition) is 6. The van der Waals surface area contributed by atoms with Gasteiger partial charge in [-0.1, -0.05) is 0 Å². The van der Waals surface area contributed by atoms with Crippen molar-refractivity contribution in [3.8, 4) is 0 Å². The highest BCUT2D eigenvalue weighted by molar-refractivity contribution is 5.87. The van der Waals surface area contributed by atoms with Gasteiger partial charge in [-0.15, -0.1) is 0 Å². The first-order chi connectivity index (χ1) is 15.3. The largest absolute Gasteiger partial charge is 0.378 e. The molecule has 2 fully saturated rings. The second-order valence-corrected chi connectivity index (χ2v) is 8.44. The first-order valence-corrected chi connectivity index (χ1v) is 11.2. The zero-order chi connectivity index (χ0) is 21.0. The number of pyridine rings is 1. The molecule has 0 aliphatic carbocycles. The highest BCUT2D eigenvalue weighted by Gasteiger charge is 2.27. The highest BCUT2D eigenvalue weighted by Crippen LogP contribution is 2.30. The number of H-pyrrole nitrogens is 2. The lowest BCUT2D eigenvalue weighted by atomic mass is 9.92. The van der Waals surface area contributed by atoms with Crippen LogP contribution in [0.3, 0.4) is 0 Å². The summed E-state index contributed by atoms with van der Waals surface area (Å²) in [5.41, 5.74) is 1.85. The van der Waals surface area contributed by atoms with Gasteiger partial charge in [-0.05, 0) is 44.2 Å². The van der Waals surface area contributed by atoms with Crippen LogP contribution < -0.4 is 5.32 Å². The highest BCUT2D eigenvalue weighted by atomic mass is 16.5. The SMILES string of the molecule is O=C(CC1CCCCO1)N1CCC(c2ccc3c(NCc4ncc[nH]4)n[nH]c3n2)CC1. The molecule has 1 unspecified atom stereocenters. The van der Waals surface area contributed by atoms with E-state index < -0.39 is 0 Å². The molecule has 3 aromatic heterocycles. The van der Waals surface area contributed by atoms with Crippen molar-refractivity contribution in [2.75, 3.05) is 25.0 Å². The molecule has 2 saturated heterocycles. The molecule has 0 spiro atoms. The Morgan fingerprint density at radius 1 is 1.23 bits per heavy atom. The monoisotopic (exact) mass is 423 g/mol. The van der Waals surface area contributed by atoms with Crippen LogP contribution in [0, 0.1) is 0 Å². The van der Waals surface area contributed by atoms with Crippen molar-refractivity contribution in [1.29, 1.82) is 0 Å². The van der Waals surface area contributed by atoms with Crippen molar-refractivity contribution < 1.29 is 9.53 Å². The predicted molar refractivity (Wildman–Crippen MR) is 117 cm³/mol. The van der Waals surface area contributed by atoms with Crippen molar-refractivity contribution in [2.45, 2.75) is 57.1 Å². The van der Waals surface area contributed by atoms with E-state index in [4.69, 9.17) is 9.72 Å². The van der Waals surface area contributed by atoms with Gasteiger partial charge in [-0.2, -0.15) is 5.10 Å². The van der Waals surface area contributed by atoms with Crippen molar-refractivity contribution >= 4 is 22.8 Å². The van der Waals surface area contributed by atoms with Crippen molar-refractivity contribution in [3.63, 3.8) is 0 Å². The summed E-state index contributed by atoms with van der Waals surface area (Å²) < 4.78 is 5.73. The van der Waals surface area contributed by atoms with Gasteiger partial charge in [0.2, 0.25) is 5.91 Å². The minimum absolute atomic E-state index is 0.110. The number of nitrogens with one attached hydrogen (secondary N) is 3. The number of aromatic amines is 2. The van der Waals surface area contributed by atoms with E-state index in [-0.39, 0.29) is 12.0 Å². The molecule has 0 radical (unpaired) electrons. The van der Waals surface area contributed by atoms with Crippen LogP contribution in [-0.2, 0) is 16.1 Å². The molecule has 5 rings (SSSR count).